The summed E-state index contributed by atoms with van der Waals surface area (Å²) < 4.78 is 42.9. The van der Waals surface area contributed by atoms with Gasteiger partial charge in [0, 0.05) is 17.3 Å². The van der Waals surface area contributed by atoms with Crippen LogP contribution in [-0.2, 0) is 13.0 Å². The highest BCUT2D eigenvalue weighted by Crippen LogP contribution is 2.27. The summed E-state index contributed by atoms with van der Waals surface area (Å²) in [5.41, 5.74) is 1.93. The average Bonchev–Trinajstić information content (AvgIpc) is 2.85. The zero-order valence-electron chi connectivity index (χ0n) is 11.2. The molecule has 0 fully saturated rings. The van der Waals surface area contributed by atoms with Crippen molar-refractivity contribution in [2.45, 2.75) is 19.1 Å². The summed E-state index contributed by atoms with van der Waals surface area (Å²) in [5.74, 6) is 0.572. The molecule has 1 aromatic carbocycles. The van der Waals surface area contributed by atoms with Crippen LogP contribution in [0.4, 0.5) is 13.2 Å². The fraction of sp³-hybridized carbons (Fsp3) is 0.286. The van der Waals surface area contributed by atoms with Crippen molar-refractivity contribution >= 4 is 0 Å². The van der Waals surface area contributed by atoms with E-state index in [4.69, 9.17) is 10.00 Å². The number of benzene rings is 1. The molecule has 0 spiro atoms. The molecule has 0 atom stereocenters. The van der Waals surface area contributed by atoms with Gasteiger partial charge in [0.15, 0.2) is 0 Å². The van der Waals surface area contributed by atoms with Crippen LogP contribution in [0.3, 0.4) is 0 Å². The fourth-order valence-corrected chi connectivity index (χ4v) is 1.96. The first kappa shape index (κ1) is 14.9. The van der Waals surface area contributed by atoms with E-state index in [1.54, 1.807) is 18.2 Å². The highest BCUT2D eigenvalue weighted by atomic mass is 19.4. The summed E-state index contributed by atoms with van der Waals surface area (Å²) in [6, 6.07) is 7.14. The number of hydrogen-bond donors (Lipinski definition) is 0. The van der Waals surface area contributed by atoms with E-state index in [1.165, 1.54) is 19.5 Å². The van der Waals surface area contributed by atoms with E-state index in [1.807, 2.05) is 6.07 Å². The van der Waals surface area contributed by atoms with Gasteiger partial charge in [0.25, 0.3) is 0 Å². The number of nitriles is 1. The summed E-state index contributed by atoms with van der Waals surface area (Å²) in [6.07, 6.45) is -1.46. The zero-order valence-corrected chi connectivity index (χ0v) is 11.2. The van der Waals surface area contributed by atoms with Crippen LogP contribution < -0.4 is 4.74 Å². The molecule has 0 aliphatic heterocycles. The lowest BCUT2D eigenvalue weighted by molar-refractivity contribution is -0.142. The Balaban J connectivity index is 2.30. The minimum atomic E-state index is -4.31. The van der Waals surface area contributed by atoms with Gasteiger partial charge in [-0.3, -0.25) is 4.68 Å². The molecule has 1 heterocycles. The predicted molar refractivity (Wildman–Crippen MR) is 69.6 cm³/mol. The minimum absolute atomic E-state index is 0.160. The van der Waals surface area contributed by atoms with Gasteiger partial charge < -0.3 is 4.74 Å². The lowest BCUT2D eigenvalue weighted by Gasteiger charge is -2.07. The van der Waals surface area contributed by atoms with Gasteiger partial charge in [-0.15, -0.1) is 0 Å². The van der Waals surface area contributed by atoms with Crippen LogP contribution in [0.25, 0.3) is 11.1 Å². The summed E-state index contributed by atoms with van der Waals surface area (Å²) in [5, 5.41) is 12.5. The Morgan fingerprint density at radius 1 is 1.33 bits per heavy atom. The van der Waals surface area contributed by atoms with Crippen LogP contribution in [0.2, 0.25) is 0 Å². The van der Waals surface area contributed by atoms with Crippen molar-refractivity contribution in [2.75, 3.05) is 7.11 Å². The highest BCUT2D eigenvalue weighted by molar-refractivity contribution is 5.64. The second-order valence-corrected chi connectivity index (χ2v) is 4.40. The molecule has 0 bridgehead atoms. The number of aromatic nitrogens is 2. The Bertz CT molecular complexity index is 671. The molecule has 0 saturated heterocycles. The quantitative estimate of drug-likeness (QED) is 0.870. The number of alkyl halides is 3. The van der Waals surface area contributed by atoms with E-state index >= 15 is 0 Å². The standard InChI is InChI=1S/C14H12F3N3O/c1-21-13-3-2-10(6-11(13)4-5-18)12-7-19-20(8-12)9-14(15,16)17/h2-3,6-8H,4,9H2,1H3. The molecule has 0 N–H and O–H groups in total. The van der Waals surface area contributed by atoms with Crippen molar-refractivity contribution < 1.29 is 17.9 Å². The van der Waals surface area contributed by atoms with Crippen LogP contribution in [0.1, 0.15) is 5.56 Å². The van der Waals surface area contributed by atoms with Gasteiger partial charge in [0.05, 0.1) is 25.8 Å². The van der Waals surface area contributed by atoms with Crippen molar-refractivity contribution in [3.05, 3.63) is 36.2 Å². The highest BCUT2D eigenvalue weighted by Gasteiger charge is 2.28. The molecule has 0 saturated carbocycles. The van der Waals surface area contributed by atoms with Crippen molar-refractivity contribution in [2.24, 2.45) is 0 Å². The number of halogens is 3. The molecule has 0 amide bonds. The molecular formula is C14H12F3N3O. The van der Waals surface area contributed by atoms with Crippen molar-refractivity contribution in [3.8, 4) is 22.9 Å². The lowest BCUT2D eigenvalue weighted by Crippen LogP contribution is -2.17. The first-order valence-electron chi connectivity index (χ1n) is 6.06. The van der Waals surface area contributed by atoms with Gasteiger partial charge in [-0.25, -0.2) is 0 Å². The number of nitrogens with zero attached hydrogens (tertiary/aromatic N) is 3. The second kappa shape index (κ2) is 5.87. The van der Waals surface area contributed by atoms with Gasteiger partial charge >= 0.3 is 6.18 Å². The second-order valence-electron chi connectivity index (χ2n) is 4.40. The molecule has 0 aliphatic rings. The normalized spacial score (nSPS) is 11.2. The van der Waals surface area contributed by atoms with E-state index in [2.05, 4.69) is 5.10 Å². The molecule has 0 unspecified atom stereocenters. The maximum atomic E-state index is 12.3. The third-order valence-corrected chi connectivity index (χ3v) is 2.86. The maximum Gasteiger partial charge on any atom is 0.408 e. The first-order chi connectivity index (χ1) is 9.93. The molecule has 2 aromatic rings. The van der Waals surface area contributed by atoms with Crippen LogP contribution in [0.5, 0.6) is 5.75 Å². The average molecular weight is 295 g/mol. The maximum absolute atomic E-state index is 12.3. The third kappa shape index (κ3) is 3.75. The largest absolute Gasteiger partial charge is 0.496 e. The van der Waals surface area contributed by atoms with Crippen molar-refractivity contribution in [3.63, 3.8) is 0 Å². The third-order valence-electron chi connectivity index (χ3n) is 2.86. The molecule has 21 heavy (non-hydrogen) atoms. The molecule has 0 aliphatic carbocycles. The van der Waals surface area contributed by atoms with Crippen LogP contribution in [-0.4, -0.2) is 23.1 Å². The Morgan fingerprint density at radius 2 is 2.10 bits per heavy atom. The Morgan fingerprint density at radius 3 is 2.71 bits per heavy atom. The predicted octanol–water partition coefficient (Wildman–Crippen LogP) is 3.19. The summed E-state index contributed by atoms with van der Waals surface area (Å²) >= 11 is 0. The smallest absolute Gasteiger partial charge is 0.408 e. The van der Waals surface area contributed by atoms with Crippen LogP contribution in [0, 0.1) is 11.3 Å². The van der Waals surface area contributed by atoms with Crippen molar-refractivity contribution in [1.29, 1.82) is 5.26 Å². The van der Waals surface area contributed by atoms with Gasteiger partial charge in [0.1, 0.15) is 12.3 Å². The number of methoxy groups -OCH3 is 1. The monoisotopic (exact) mass is 295 g/mol. The SMILES string of the molecule is COc1ccc(-c2cnn(CC(F)(F)F)c2)cc1CC#N. The van der Waals surface area contributed by atoms with Crippen LogP contribution >= 0.6 is 0 Å². The summed E-state index contributed by atoms with van der Waals surface area (Å²) in [4.78, 5) is 0. The molecule has 7 heteroatoms. The Kier molecular flexibility index (Phi) is 4.17. The zero-order chi connectivity index (χ0) is 15.5. The van der Waals surface area contributed by atoms with Gasteiger partial charge in [-0.1, -0.05) is 6.07 Å². The summed E-state index contributed by atoms with van der Waals surface area (Å²) in [6.45, 7) is -1.13. The van der Waals surface area contributed by atoms with Gasteiger partial charge in [0.2, 0.25) is 0 Å². The number of hydrogen-bond acceptors (Lipinski definition) is 3. The molecule has 4 nitrogen and oxygen atoms in total. The minimum Gasteiger partial charge on any atom is -0.496 e. The van der Waals surface area contributed by atoms with Gasteiger partial charge in [-0.05, 0) is 17.7 Å². The van der Waals surface area contributed by atoms with Crippen LogP contribution in [0.15, 0.2) is 30.6 Å². The molecule has 0 radical (unpaired) electrons. The van der Waals surface area contributed by atoms with E-state index in [-0.39, 0.29) is 6.42 Å². The van der Waals surface area contributed by atoms with E-state index in [0.717, 1.165) is 4.68 Å². The molecule has 1 aromatic heterocycles. The molecule has 2 rings (SSSR count). The number of ether oxygens (including phenoxy) is 1. The Labute approximate surface area is 119 Å². The first-order valence-corrected chi connectivity index (χ1v) is 6.06. The van der Waals surface area contributed by atoms with E-state index < -0.39 is 12.7 Å². The topological polar surface area (TPSA) is 50.8 Å². The number of rotatable bonds is 4. The van der Waals surface area contributed by atoms with Gasteiger partial charge in [-0.2, -0.15) is 23.5 Å². The Hall–Kier alpha value is -2.49. The van der Waals surface area contributed by atoms with E-state index in [9.17, 15) is 13.2 Å². The summed E-state index contributed by atoms with van der Waals surface area (Å²) in [7, 11) is 1.50. The van der Waals surface area contributed by atoms with E-state index in [0.29, 0.717) is 22.4 Å². The molecule has 110 valence electrons. The van der Waals surface area contributed by atoms with Crippen molar-refractivity contribution in [1.82, 2.24) is 9.78 Å². The fourth-order valence-electron chi connectivity index (χ4n) is 1.96. The molecular weight excluding hydrogens is 283 g/mol. The lowest BCUT2D eigenvalue weighted by atomic mass is 10.0.